The monoisotopic (exact) mass is 369 g/mol. The normalized spacial score (nSPS) is 11.7. The van der Waals surface area contributed by atoms with E-state index in [9.17, 15) is 14.0 Å². The Bertz CT molecular complexity index is 767. The van der Waals surface area contributed by atoms with Gasteiger partial charge in [0.05, 0.1) is 11.6 Å². The van der Waals surface area contributed by atoms with Crippen LogP contribution in [-0.2, 0) is 9.53 Å². The first-order valence-electron chi connectivity index (χ1n) is 7.04. The van der Waals surface area contributed by atoms with Gasteiger partial charge >= 0.3 is 5.97 Å². The second-order valence-corrected chi connectivity index (χ2v) is 5.85. The zero-order valence-electron chi connectivity index (χ0n) is 12.7. The Labute approximate surface area is 148 Å². The third-order valence-corrected chi connectivity index (χ3v) is 3.81. The van der Waals surface area contributed by atoms with Crippen LogP contribution in [0.5, 0.6) is 0 Å². The third-order valence-electron chi connectivity index (χ3n) is 3.23. The quantitative estimate of drug-likeness (QED) is 0.804. The molecular formula is C17H14Cl2FNO3. The first kappa shape index (κ1) is 18.2. The third kappa shape index (κ3) is 4.69. The molecule has 0 aliphatic rings. The Morgan fingerprint density at radius 2 is 1.92 bits per heavy atom. The lowest BCUT2D eigenvalue weighted by Gasteiger charge is -2.15. The minimum absolute atomic E-state index is 0.162. The van der Waals surface area contributed by atoms with E-state index in [0.717, 1.165) is 11.6 Å². The van der Waals surface area contributed by atoms with Gasteiger partial charge in [0, 0.05) is 10.0 Å². The number of carbonyl (C=O) groups excluding carboxylic acids is 2. The van der Waals surface area contributed by atoms with Gasteiger partial charge in [-0.15, -0.1) is 0 Å². The van der Waals surface area contributed by atoms with Crippen LogP contribution in [0, 0.1) is 5.82 Å². The molecule has 24 heavy (non-hydrogen) atoms. The van der Waals surface area contributed by atoms with Crippen molar-refractivity contribution in [1.82, 2.24) is 5.32 Å². The van der Waals surface area contributed by atoms with Crippen molar-refractivity contribution in [3.63, 3.8) is 0 Å². The summed E-state index contributed by atoms with van der Waals surface area (Å²) in [5.74, 6) is -2.27. The van der Waals surface area contributed by atoms with Crippen molar-refractivity contribution in [2.24, 2.45) is 0 Å². The van der Waals surface area contributed by atoms with Crippen LogP contribution >= 0.6 is 23.2 Å². The fourth-order valence-electron chi connectivity index (χ4n) is 2.05. The predicted molar refractivity (Wildman–Crippen MR) is 89.7 cm³/mol. The molecule has 126 valence electrons. The van der Waals surface area contributed by atoms with Crippen molar-refractivity contribution in [2.45, 2.75) is 13.0 Å². The van der Waals surface area contributed by atoms with E-state index in [1.54, 1.807) is 31.2 Å². The van der Waals surface area contributed by atoms with E-state index in [1.165, 1.54) is 12.1 Å². The van der Waals surface area contributed by atoms with E-state index in [-0.39, 0.29) is 16.6 Å². The molecule has 2 aromatic carbocycles. The molecule has 0 spiro atoms. The maximum atomic E-state index is 13.6. The number of benzene rings is 2. The molecule has 2 aromatic rings. The Morgan fingerprint density at radius 3 is 2.58 bits per heavy atom. The van der Waals surface area contributed by atoms with Gasteiger partial charge in [0.25, 0.3) is 5.91 Å². The highest BCUT2D eigenvalue weighted by molar-refractivity contribution is 6.31. The SMILES string of the molecule is C[C@H](NC(=O)COC(=O)c1ccc(Cl)cc1F)c1ccccc1Cl. The summed E-state index contributed by atoms with van der Waals surface area (Å²) in [6.07, 6.45) is 0. The number of hydrogen-bond acceptors (Lipinski definition) is 3. The molecule has 0 heterocycles. The zero-order valence-corrected chi connectivity index (χ0v) is 14.2. The minimum Gasteiger partial charge on any atom is -0.452 e. The van der Waals surface area contributed by atoms with Crippen LogP contribution in [-0.4, -0.2) is 18.5 Å². The van der Waals surface area contributed by atoms with Gasteiger partial charge in [-0.2, -0.15) is 0 Å². The van der Waals surface area contributed by atoms with E-state index in [4.69, 9.17) is 27.9 Å². The average Bonchev–Trinajstić information content (AvgIpc) is 2.53. The van der Waals surface area contributed by atoms with Crippen LogP contribution in [0.3, 0.4) is 0 Å². The van der Waals surface area contributed by atoms with Crippen molar-refractivity contribution in [2.75, 3.05) is 6.61 Å². The summed E-state index contributed by atoms with van der Waals surface area (Å²) in [7, 11) is 0. The zero-order chi connectivity index (χ0) is 17.7. The number of ether oxygens (including phenoxy) is 1. The Hall–Kier alpha value is -2.11. The molecule has 4 nitrogen and oxygen atoms in total. The summed E-state index contributed by atoms with van der Waals surface area (Å²) in [5.41, 5.74) is 0.453. The highest BCUT2D eigenvalue weighted by Crippen LogP contribution is 2.22. The standard InChI is InChI=1S/C17H14Cl2FNO3/c1-10(12-4-2-3-5-14(12)19)21-16(22)9-24-17(23)13-7-6-11(18)8-15(13)20/h2-8,10H,9H2,1H3,(H,21,22)/t10-/m0/s1. The summed E-state index contributed by atoms with van der Waals surface area (Å²) in [6.45, 7) is 1.22. The largest absolute Gasteiger partial charge is 0.452 e. The van der Waals surface area contributed by atoms with Crippen molar-refractivity contribution in [1.29, 1.82) is 0 Å². The van der Waals surface area contributed by atoms with Gasteiger partial charge in [-0.1, -0.05) is 41.4 Å². The van der Waals surface area contributed by atoms with Crippen molar-refractivity contribution in [3.05, 3.63) is 69.5 Å². The van der Waals surface area contributed by atoms with Crippen LogP contribution in [0.4, 0.5) is 4.39 Å². The molecule has 2 rings (SSSR count). The van der Waals surface area contributed by atoms with Gasteiger partial charge in [0.1, 0.15) is 5.82 Å². The van der Waals surface area contributed by atoms with Crippen LogP contribution in [0.15, 0.2) is 42.5 Å². The van der Waals surface area contributed by atoms with E-state index in [1.807, 2.05) is 0 Å². The molecule has 1 amide bonds. The molecule has 1 N–H and O–H groups in total. The lowest BCUT2D eigenvalue weighted by Crippen LogP contribution is -2.31. The summed E-state index contributed by atoms with van der Waals surface area (Å²) < 4.78 is 18.4. The van der Waals surface area contributed by atoms with Crippen LogP contribution in [0.1, 0.15) is 28.9 Å². The number of halogens is 3. The van der Waals surface area contributed by atoms with Crippen molar-refractivity contribution < 1.29 is 18.7 Å². The summed E-state index contributed by atoms with van der Waals surface area (Å²) in [4.78, 5) is 23.7. The highest BCUT2D eigenvalue weighted by Gasteiger charge is 2.17. The van der Waals surface area contributed by atoms with E-state index in [0.29, 0.717) is 5.02 Å². The first-order chi connectivity index (χ1) is 11.4. The number of nitrogens with one attached hydrogen (secondary N) is 1. The molecule has 0 fully saturated rings. The predicted octanol–water partition coefficient (Wildman–Crippen LogP) is 4.17. The van der Waals surface area contributed by atoms with Gasteiger partial charge < -0.3 is 10.1 Å². The molecule has 0 radical (unpaired) electrons. The van der Waals surface area contributed by atoms with Crippen LogP contribution < -0.4 is 5.32 Å². The van der Waals surface area contributed by atoms with Gasteiger partial charge in [0.15, 0.2) is 6.61 Å². The Morgan fingerprint density at radius 1 is 1.21 bits per heavy atom. The molecular weight excluding hydrogens is 356 g/mol. The highest BCUT2D eigenvalue weighted by atomic mass is 35.5. The van der Waals surface area contributed by atoms with Gasteiger partial charge in [0.2, 0.25) is 0 Å². The number of rotatable bonds is 5. The number of esters is 1. The average molecular weight is 370 g/mol. The molecule has 0 unspecified atom stereocenters. The second-order valence-electron chi connectivity index (χ2n) is 5.01. The lowest BCUT2D eigenvalue weighted by molar-refractivity contribution is -0.124. The number of amides is 1. The van der Waals surface area contributed by atoms with Crippen molar-refractivity contribution in [3.8, 4) is 0 Å². The van der Waals surface area contributed by atoms with E-state index in [2.05, 4.69) is 5.32 Å². The van der Waals surface area contributed by atoms with Gasteiger partial charge in [-0.25, -0.2) is 9.18 Å². The summed E-state index contributed by atoms with van der Waals surface area (Å²) >= 11 is 11.7. The maximum Gasteiger partial charge on any atom is 0.341 e. The van der Waals surface area contributed by atoms with Gasteiger partial charge in [-0.05, 0) is 36.8 Å². The molecule has 7 heteroatoms. The molecule has 0 bridgehead atoms. The topological polar surface area (TPSA) is 55.4 Å². The van der Waals surface area contributed by atoms with E-state index < -0.39 is 24.3 Å². The second kappa shape index (κ2) is 8.13. The maximum absolute atomic E-state index is 13.6. The minimum atomic E-state index is -0.940. The number of hydrogen-bond donors (Lipinski definition) is 1. The Balaban J connectivity index is 1.91. The fourth-order valence-corrected chi connectivity index (χ4v) is 2.51. The van der Waals surface area contributed by atoms with Crippen LogP contribution in [0.25, 0.3) is 0 Å². The molecule has 0 aromatic heterocycles. The van der Waals surface area contributed by atoms with Crippen molar-refractivity contribution >= 4 is 35.1 Å². The molecule has 0 aliphatic carbocycles. The van der Waals surface area contributed by atoms with Crippen LogP contribution in [0.2, 0.25) is 10.0 Å². The fraction of sp³-hybridized carbons (Fsp3) is 0.176. The first-order valence-corrected chi connectivity index (χ1v) is 7.80. The lowest BCUT2D eigenvalue weighted by atomic mass is 10.1. The van der Waals surface area contributed by atoms with E-state index >= 15 is 0 Å². The molecule has 0 aliphatic heterocycles. The summed E-state index contributed by atoms with van der Waals surface area (Å²) in [6, 6.07) is 10.3. The Kier molecular flexibility index (Phi) is 6.17. The number of carbonyl (C=O) groups is 2. The molecule has 0 saturated carbocycles. The summed E-state index contributed by atoms with van der Waals surface area (Å²) in [5, 5.41) is 3.33. The smallest absolute Gasteiger partial charge is 0.341 e. The molecule has 0 saturated heterocycles. The van der Waals surface area contributed by atoms with Gasteiger partial charge in [-0.3, -0.25) is 4.79 Å². The molecule has 1 atom stereocenters.